The molecule has 0 spiro atoms. The fraction of sp³-hybridized carbons (Fsp3) is 0.275. The summed E-state index contributed by atoms with van der Waals surface area (Å²) in [5.74, 6) is 0. The average Bonchev–Trinajstić information content (AvgIpc) is 3.71. The lowest BCUT2D eigenvalue weighted by molar-refractivity contribution is 0.356. The van der Waals surface area contributed by atoms with E-state index in [0.717, 1.165) is 19.1 Å². The predicted molar refractivity (Wildman–Crippen MR) is 189 cm³/mol. The molecule has 2 saturated heterocycles. The van der Waals surface area contributed by atoms with Gasteiger partial charge in [-0.2, -0.15) is 0 Å². The van der Waals surface area contributed by atoms with Gasteiger partial charge in [-0.05, 0) is 60.1 Å². The molecule has 0 N–H and O–H groups in total. The number of hydrogen-bond acceptors (Lipinski definition) is 2. The molecule has 4 atom stereocenters. The second-order valence-electron chi connectivity index (χ2n) is 12.3. The van der Waals surface area contributed by atoms with E-state index in [1.165, 1.54) is 53.6 Å². The van der Waals surface area contributed by atoms with E-state index in [9.17, 15) is 0 Å². The molecule has 0 unspecified atom stereocenters. The zero-order chi connectivity index (χ0) is 29.6. The number of aromatic nitrogens is 1. The summed E-state index contributed by atoms with van der Waals surface area (Å²) in [6.45, 7) is 0.921. The molecule has 2 fully saturated rings. The van der Waals surface area contributed by atoms with E-state index < -0.39 is 0 Å². The minimum absolute atomic E-state index is 0.309. The molecule has 222 valence electrons. The highest BCUT2D eigenvalue weighted by Gasteiger charge is 2.41. The topological polar surface area (TPSA) is 16.1 Å². The van der Waals surface area contributed by atoms with Crippen molar-refractivity contribution in [1.82, 2.24) is 9.88 Å². The van der Waals surface area contributed by atoms with Gasteiger partial charge in [-0.3, -0.25) is 9.88 Å². The number of rotatable bonds is 10. The van der Waals surface area contributed by atoms with Gasteiger partial charge < -0.3 is 0 Å². The second-order valence-corrected chi connectivity index (χ2v) is 17.4. The Balaban J connectivity index is 1.25. The highest BCUT2D eigenvalue weighted by atomic mass is 31.1. The van der Waals surface area contributed by atoms with Gasteiger partial charge in [0.15, 0.2) is 0 Å². The number of benzene rings is 4. The molecular weight excluding hydrogens is 570 g/mol. The van der Waals surface area contributed by atoms with Crippen molar-refractivity contribution in [1.29, 1.82) is 0 Å². The fourth-order valence-corrected chi connectivity index (χ4v) is 14.9. The van der Waals surface area contributed by atoms with E-state index in [0.29, 0.717) is 22.6 Å². The molecular formula is C40H42N2P2. The third-order valence-electron chi connectivity index (χ3n) is 9.60. The number of nitrogens with zero attached hydrogens (tertiary/aromatic N) is 2. The highest BCUT2D eigenvalue weighted by molar-refractivity contribution is 7.59. The lowest BCUT2D eigenvalue weighted by atomic mass is 10.0. The SMILES string of the molecule is c1ccc([C@H]2CC[C@H](c3ccccc3)P2CN(Cc2ccccn2)CP2[C@H](c3ccccc3)CC[C@H]2c2ccccc2)cc1. The maximum absolute atomic E-state index is 4.85. The van der Waals surface area contributed by atoms with Crippen molar-refractivity contribution in [2.75, 3.05) is 12.6 Å². The average molecular weight is 613 g/mol. The van der Waals surface area contributed by atoms with Crippen LogP contribution >= 0.6 is 15.8 Å². The van der Waals surface area contributed by atoms with Crippen LogP contribution in [-0.2, 0) is 6.54 Å². The molecule has 0 amide bonds. The van der Waals surface area contributed by atoms with Crippen LogP contribution in [0.4, 0.5) is 0 Å². The Morgan fingerprint density at radius 1 is 0.455 bits per heavy atom. The molecule has 0 radical (unpaired) electrons. The van der Waals surface area contributed by atoms with Crippen molar-refractivity contribution in [2.45, 2.75) is 54.9 Å². The monoisotopic (exact) mass is 612 g/mol. The van der Waals surface area contributed by atoms with Crippen LogP contribution < -0.4 is 0 Å². The van der Waals surface area contributed by atoms with E-state index >= 15 is 0 Å². The molecule has 3 heterocycles. The van der Waals surface area contributed by atoms with Gasteiger partial charge in [-0.15, -0.1) is 0 Å². The Morgan fingerprint density at radius 3 is 1.11 bits per heavy atom. The van der Waals surface area contributed by atoms with E-state index in [2.05, 4.69) is 138 Å². The molecule has 2 aliphatic heterocycles. The molecule has 2 nitrogen and oxygen atoms in total. The van der Waals surface area contributed by atoms with Crippen LogP contribution in [0.3, 0.4) is 0 Å². The van der Waals surface area contributed by atoms with Crippen LogP contribution in [0.15, 0.2) is 146 Å². The molecule has 0 bridgehead atoms. The number of hydrogen-bond donors (Lipinski definition) is 0. The summed E-state index contributed by atoms with van der Waals surface area (Å²) in [7, 11) is -0.618. The van der Waals surface area contributed by atoms with Gasteiger partial charge in [0.25, 0.3) is 0 Å². The summed E-state index contributed by atoms with van der Waals surface area (Å²) in [6, 6.07) is 52.1. The summed E-state index contributed by atoms with van der Waals surface area (Å²) >= 11 is 0. The Labute approximate surface area is 266 Å². The Bertz CT molecular complexity index is 1370. The second kappa shape index (κ2) is 14.3. The maximum Gasteiger partial charge on any atom is 0.0544 e. The molecule has 44 heavy (non-hydrogen) atoms. The molecule has 2 aliphatic rings. The predicted octanol–water partition coefficient (Wildman–Crippen LogP) is 11.3. The Hall–Kier alpha value is -3.15. The van der Waals surface area contributed by atoms with Crippen molar-refractivity contribution in [3.63, 3.8) is 0 Å². The fourth-order valence-electron chi connectivity index (χ4n) is 7.58. The highest BCUT2D eigenvalue weighted by Crippen LogP contribution is 2.73. The lowest BCUT2D eigenvalue weighted by Gasteiger charge is -2.37. The summed E-state index contributed by atoms with van der Waals surface area (Å²) in [4.78, 5) is 7.70. The van der Waals surface area contributed by atoms with Gasteiger partial charge in [-0.25, -0.2) is 0 Å². The third kappa shape index (κ3) is 6.74. The maximum atomic E-state index is 4.85. The summed E-state index contributed by atoms with van der Waals surface area (Å²) in [5, 5.41) is 0. The lowest BCUT2D eigenvalue weighted by Crippen LogP contribution is -2.26. The van der Waals surface area contributed by atoms with Crippen molar-refractivity contribution in [3.05, 3.63) is 174 Å². The first-order chi connectivity index (χ1) is 21.8. The normalized spacial score (nSPS) is 22.5. The van der Waals surface area contributed by atoms with Crippen LogP contribution in [0, 0.1) is 0 Å². The van der Waals surface area contributed by atoms with Crippen LogP contribution in [0.2, 0.25) is 0 Å². The summed E-state index contributed by atoms with van der Waals surface area (Å²) < 4.78 is 0. The molecule has 0 aliphatic carbocycles. The van der Waals surface area contributed by atoms with Gasteiger partial charge in [0.2, 0.25) is 0 Å². The van der Waals surface area contributed by atoms with Crippen molar-refractivity contribution in [2.24, 2.45) is 0 Å². The van der Waals surface area contributed by atoms with Crippen LogP contribution in [0.1, 0.15) is 76.3 Å². The first kappa shape index (κ1) is 29.6. The van der Waals surface area contributed by atoms with E-state index in [4.69, 9.17) is 4.98 Å². The third-order valence-corrected chi connectivity index (χ3v) is 16.5. The minimum atomic E-state index is -0.309. The minimum Gasteiger partial charge on any atom is -0.289 e. The summed E-state index contributed by atoms with van der Waals surface area (Å²) in [6.07, 6.45) is 9.40. The molecule has 4 aromatic carbocycles. The smallest absolute Gasteiger partial charge is 0.0544 e. The van der Waals surface area contributed by atoms with E-state index in [-0.39, 0.29) is 15.8 Å². The molecule has 7 rings (SSSR count). The quantitative estimate of drug-likeness (QED) is 0.146. The summed E-state index contributed by atoms with van der Waals surface area (Å²) in [5.41, 5.74) is 9.86. The first-order valence-electron chi connectivity index (χ1n) is 16.2. The van der Waals surface area contributed by atoms with Crippen molar-refractivity contribution >= 4 is 15.8 Å². The zero-order valence-electron chi connectivity index (χ0n) is 25.4. The molecule has 0 saturated carbocycles. The van der Waals surface area contributed by atoms with Crippen LogP contribution in [-0.4, -0.2) is 22.5 Å². The van der Waals surface area contributed by atoms with Gasteiger partial charge in [0, 0.05) is 47.9 Å². The Kier molecular flexibility index (Phi) is 9.61. The zero-order valence-corrected chi connectivity index (χ0v) is 27.2. The van der Waals surface area contributed by atoms with Gasteiger partial charge in [0.05, 0.1) is 5.69 Å². The first-order valence-corrected chi connectivity index (χ1v) is 19.5. The number of pyridine rings is 1. The molecule has 5 aromatic rings. The molecule has 1 aromatic heterocycles. The van der Waals surface area contributed by atoms with Crippen molar-refractivity contribution in [3.8, 4) is 0 Å². The van der Waals surface area contributed by atoms with E-state index in [1.54, 1.807) is 0 Å². The standard InChI is InChI=1S/C40H42N2P2/c1-5-15-32(16-6-1)37-24-25-38(33-17-7-2-8-18-33)43(37)30-42(29-36-23-13-14-28-41-36)31-44-39(34-19-9-3-10-20-34)26-27-40(44)35-21-11-4-12-22-35/h1-23,28,37-40H,24-27,29-31H2/t37-,38-,39+,40+. The van der Waals surface area contributed by atoms with Gasteiger partial charge >= 0.3 is 0 Å². The Morgan fingerprint density at radius 2 is 0.795 bits per heavy atom. The van der Waals surface area contributed by atoms with Crippen molar-refractivity contribution < 1.29 is 0 Å². The molecule has 4 heteroatoms. The van der Waals surface area contributed by atoms with Crippen LogP contribution in [0.5, 0.6) is 0 Å². The van der Waals surface area contributed by atoms with Crippen LogP contribution in [0.25, 0.3) is 0 Å². The largest absolute Gasteiger partial charge is 0.289 e. The van der Waals surface area contributed by atoms with Gasteiger partial charge in [0.1, 0.15) is 0 Å². The van der Waals surface area contributed by atoms with Gasteiger partial charge in [-0.1, -0.05) is 143 Å². The van der Waals surface area contributed by atoms with E-state index in [1.807, 2.05) is 12.3 Å².